The fourth-order valence-electron chi connectivity index (χ4n) is 1.71. The predicted molar refractivity (Wildman–Crippen MR) is 32.5 cm³/mol. The lowest BCUT2D eigenvalue weighted by Gasteiger charge is -2.02. The molecule has 1 fully saturated rings. The quantitative estimate of drug-likeness (QED) is 0.542. The maximum absolute atomic E-state index is 11.9. The Morgan fingerprint density at radius 3 is 1.90 bits per heavy atom. The van der Waals surface area contributed by atoms with Crippen LogP contribution in [0.25, 0.3) is 0 Å². The van der Waals surface area contributed by atoms with E-state index in [1.807, 2.05) is 6.92 Å². The van der Waals surface area contributed by atoms with Gasteiger partial charge in [0.25, 0.3) is 0 Å². The molecule has 0 heterocycles. The molecule has 0 nitrogen and oxygen atoms in total. The first-order chi connectivity index (χ1) is 4.48. The van der Waals surface area contributed by atoms with Crippen LogP contribution in [0.3, 0.4) is 0 Å². The highest BCUT2D eigenvalue weighted by Crippen LogP contribution is 2.56. The first-order valence-electron chi connectivity index (χ1n) is 3.55. The van der Waals surface area contributed by atoms with Crippen molar-refractivity contribution >= 4 is 0 Å². The molecule has 1 rings (SSSR count). The molecule has 0 saturated heterocycles. The molecule has 60 valence electrons. The molecule has 3 unspecified atom stereocenters. The summed E-state index contributed by atoms with van der Waals surface area (Å²) in [4.78, 5) is 0. The van der Waals surface area contributed by atoms with E-state index in [0.717, 1.165) is 0 Å². The lowest BCUT2D eigenvalue weighted by molar-refractivity contribution is -0.153. The van der Waals surface area contributed by atoms with E-state index >= 15 is 0 Å². The topological polar surface area (TPSA) is 0 Å². The van der Waals surface area contributed by atoms with Crippen LogP contribution in [0.1, 0.15) is 20.3 Å². The van der Waals surface area contributed by atoms with Crippen molar-refractivity contribution in [3.63, 3.8) is 0 Å². The van der Waals surface area contributed by atoms with Crippen molar-refractivity contribution in [2.45, 2.75) is 26.4 Å². The van der Waals surface area contributed by atoms with Gasteiger partial charge in [-0.3, -0.25) is 0 Å². The number of hydrogen-bond donors (Lipinski definition) is 0. The van der Waals surface area contributed by atoms with Crippen LogP contribution < -0.4 is 0 Å². The van der Waals surface area contributed by atoms with Gasteiger partial charge in [-0.05, 0) is 11.8 Å². The summed E-state index contributed by atoms with van der Waals surface area (Å²) in [5.74, 6) is -1.23. The van der Waals surface area contributed by atoms with Crippen molar-refractivity contribution in [2.75, 3.05) is 0 Å². The Labute approximate surface area is 58.4 Å². The maximum Gasteiger partial charge on any atom is 0.392 e. The van der Waals surface area contributed by atoms with Gasteiger partial charge in [0, 0.05) is 0 Å². The first kappa shape index (κ1) is 7.89. The van der Waals surface area contributed by atoms with Crippen LogP contribution in [0.5, 0.6) is 0 Å². The minimum Gasteiger partial charge on any atom is -0.171 e. The van der Waals surface area contributed by atoms with Gasteiger partial charge in [0.1, 0.15) is 0 Å². The second-order valence-electron chi connectivity index (χ2n) is 3.00. The Bertz CT molecular complexity index is 127. The van der Waals surface area contributed by atoms with Gasteiger partial charge >= 0.3 is 6.18 Å². The molecule has 1 aliphatic rings. The zero-order valence-electron chi connectivity index (χ0n) is 6.07. The lowest BCUT2D eigenvalue weighted by atomic mass is 10.2. The summed E-state index contributed by atoms with van der Waals surface area (Å²) in [7, 11) is 0. The third-order valence-corrected chi connectivity index (χ3v) is 2.41. The van der Waals surface area contributed by atoms with Gasteiger partial charge in [-0.15, -0.1) is 0 Å². The fourth-order valence-corrected chi connectivity index (χ4v) is 1.71. The van der Waals surface area contributed by atoms with E-state index in [9.17, 15) is 13.2 Å². The normalized spacial score (nSPS) is 39.9. The van der Waals surface area contributed by atoms with Crippen molar-refractivity contribution in [3.8, 4) is 0 Å². The molecule has 0 aromatic rings. The fraction of sp³-hybridized carbons (Fsp3) is 1.00. The first-order valence-corrected chi connectivity index (χ1v) is 3.55. The third kappa shape index (κ3) is 1.13. The van der Waals surface area contributed by atoms with Crippen molar-refractivity contribution in [1.82, 2.24) is 0 Å². The summed E-state index contributed by atoms with van der Waals surface area (Å²) in [5, 5.41) is 0. The molecular formula is C7H11F3. The van der Waals surface area contributed by atoms with Crippen molar-refractivity contribution in [3.05, 3.63) is 0 Å². The Morgan fingerprint density at radius 1 is 1.30 bits per heavy atom. The Hall–Kier alpha value is -0.210. The smallest absolute Gasteiger partial charge is 0.171 e. The third-order valence-electron chi connectivity index (χ3n) is 2.41. The Balaban J connectivity index is 2.48. The second kappa shape index (κ2) is 2.14. The monoisotopic (exact) mass is 152 g/mol. The highest BCUT2D eigenvalue weighted by atomic mass is 19.4. The van der Waals surface area contributed by atoms with Crippen LogP contribution in [0.15, 0.2) is 0 Å². The van der Waals surface area contributed by atoms with Crippen LogP contribution >= 0.6 is 0 Å². The van der Waals surface area contributed by atoms with Gasteiger partial charge in [0.05, 0.1) is 5.92 Å². The second-order valence-corrected chi connectivity index (χ2v) is 3.00. The molecule has 1 saturated carbocycles. The van der Waals surface area contributed by atoms with Gasteiger partial charge in [-0.25, -0.2) is 0 Å². The number of hydrogen-bond acceptors (Lipinski definition) is 0. The standard InChI is InChI=1S/C7H11F3/c1-3-5-4(2)6(5)7(8,9)10/h4-6H,3H2,1-2H3. The molecular weight excluding hydrogens is 141 g/mol. The molecule has 0 aliphatic heterocycles. The zero-order chi connectivity index (χ0) is 7.94. The average Bonchev–Trinajstić information content (AvgIpc) is 2.39. The molecule has 10 heavy (non-hydrogen) atoms. The molecule has 0 spiro atoms. The summed E-state index contributed by atoms with van der Waals surface area (Å²) < 4.78 is 35.8. The van der Waals surface area contributed by atoms with Gasteiger partial charge < -0.3 is 0 Å². The highest BCUT2D eigenvalue weighted by Gasteiger charge is 2.60. The minimum absolute atomic E-state index is 0.0972. The molecule has 3 heteroatoms. The van der Waals surface area contributed by atoms with E-state index in [4.69, 9.17) is 0 Å². The highest BCUT2D eigenvalue weighted by molar-refractivity contribution is 4.97. The molecule has 3 atom stereocenters. The van der Waals surface area contributed by atoms with E-state index in [2.05, 4.69) is 0 Å². The minimum atomic E-state index is -3.94. The number of alkyl halides is 3. The van der Waals surface area contributed by atoms with Crippen molar-refractivity contribution in [2.24, 2.45) is 17.8 Å². The molecule has 0 N–H and O–H groups in total. The summed E-state index contributed by atoms with van der Waals surface area (Å²) in [6.07, 6.45) is -3.29. The Kier molecular flexibility index (Phi) is 1.69. The predicted octanol–water partition coefficient (Wildman–Crippen LogP) is 2.84. The van der Waals surface area contributed by atoms with Crippen LogP contribution in [0.2, 0.25) is 0 Å². The largest absolute Gasteiger partial charge is 0.392 e. The number of halogens is 3. The van der Waals surface area contributed by atoms with Crippen molar-refractivity contribution in [1.29, 1.82) is 0 Å². The van der Waals surface area contributed by atoms with Gasteiger partial charge in [-0.1, -0.05) is 20.3 Å². The van der Waals surface area contributed by atoms with Crippen LogP contribution in [0.4, 0.5) is 13.2 Å². The molecule has 0 aromatic heterocycles. The van der Waals surface area contributed by atoms with Crippen LogP contribution in [-0.2, 0) is 0 Å². The summed E-state index contributed by atoms with van der Waals surface area (Å²) >= 11 is 0. The van der Waals surface area contributed by atoms with Gasteiger partial charge in [-0.2, -0.15) is 13.2 Å². The molecule has 0 radical (unpaired) electrons. The SMILES string of the molecule is CCC1C(C)C1C(F)(F)F. The van der Waals surface area contributed by atoms with Crippen molar-refractivity contribution < 1.29 is 13.2 Å². The van der Waals surface area contributed by atoms with Crippen LogP contribution in [-0.4, -0.2) is 6.18 Å². The maximum atomic E-state index is 11.9. The molecule has 0 amide bonds. The van der Waals surface area contributed by atoms with E-state index in [1.54, 1.807) is 6.92 Å². The Morgan fingerprint density at radius 2 is 1.80 bits per heavy atom. The van der Waals surface area contributed by atoms with Gasteiger partial charge in [0.2, 0.25) is 0 Å². The number of rotatable bonds is 1. The van der Waals surface area contributed by atoms with E-state index < -0.39 is 12.1 Å². The summed E-state index contributed by atoms with van der Waals surface area (Å²) in [6.45, 7) is 3.49. The van der Waals surface area contributed by atoms with Crippen LogP contribution in [0, 0.1) is 17.8 Å². The summed E-state index contributed by atoms with van der Waals surface area (Å²) in [6, 6.07) is 0. The van der Waals surface area contributed by atoms with E-state index in [1.165, 1.54) is 0 Å². The molecule has 1 aliphatic carbocycles. The van der Waals surface area contributed by atoms with E-state index in [-0.39, 0.29) is 11.8 Å². The van der Waals surface area contributed by atoms with E-state index in [0.29, 0.717) is 6.42 Å². The zero-order valence-corrected chi connectivity index (χ0v) is 6.07. The lowest BCUT2D eigenvalue weighted by Crippen LogP contribution is -2.12. The average molecular weight is 152 g/mol. The van der Waals surface area contributed by atoms with Gasteiger partial charge in [0.15, 0.2) is 0 Å². The summed E-state index contributed by atoms with van der Waals surface area (Å²) in [5.41, 5.74) is 0. The molecule has 0 bridgehead atoms. The molecule has 0 aromatic carbocycles.